The molecule has 12 heavy (non-hydrogen) atoms. The first kappa shape index (κ1) is 10.8. The topological polar surface area (TPSA) is 64.9 Å². The Hall–Kier alpha value is -1.24. The monoisotopic (exact) mass is 169 g/mol. The molecule has 0 saturated carbocycles. The zero-order chi connectivity index (χ0) is 9.40. The highest BCUT2D eigenvalue weighted by Gasteiger charge is 1.99. The highest BCUT2D eigenvalue weighted by molar-refractivity contribution is 5.73. The van der Waals surface area contributed by atoms with E-state index < -0.39 is 0 Å². The van der Waals surface area contributed by atoms with Crippen LogP contribution in [0.15, 0.2) is 0 Å². The molecule has 4 heteroatoms. The molecule has 0 fully saturated rings. The second-order valence-corrected chi connectivity index (χ2v) is 2.94. The van der Waals surface area contributed by atoms with Gasteiger partial charge in [-0.1, -0.05) is 13.8 Å². The Bertz CT molecular complexity index is 172. The van der Waals surface area contributed by atoms with Gasteiger partial charge < -0.3 is 10.6 Å². The van der Waals surface area contributed by atoms with Gasteiger partial charge in [0.2, 0.25) is 0 Å². The number of nitriles is 1. The molecular weight excluding hydrogens is 154 g/mol. The molecule has 0 saturated heterocycles. The van der Waals surface area contributed by atoms with Crippen LogP contribution in [0.1, 0.15) is 20.3 Å². The van der Waals surface area contributed by atoms with Crippen molar-refractivity contribution in [3.8, 4) is 6.07 Å². The maximum atomic E-state index is 10.9. The van der Waals surface area contributed by atoms with E-state index in [1.54, 1.807) is 0 Å². The number of amides is 2. The average molecular weight is 169 g/mol. The highest BCUT2D eigenvalue weighted by Crippen LogP contribution is 1.86. The van der Waals surface area contributed by atoms with E-state index in [2.05, 4.69) is 10.6 Å². The van der Waals surface area contributed by atoms with Gasteiger partial charge in [0.1, 0.15) is 0 Å². The molecule has 0 radical (unpaired) electrons. The van der Waals surface area contributed by atoms with Crippen LogP contribution in [0.25, 0.3) is 0 Å². The standard InChI is InChI=1S/C8H15N3O/c1-7(2)6-11-8(12)10-5-3-4-9/h7H,3,5-6H2,1-2H3,(H2,10,11,12). The summed E-state index contributed by atoms with van der Waals surface area (Å²) in [5.41, 5.74) is 0. The Morgan fingerprint density at radius 3 is 2.67 bits per heavy atom. The smallest absolute Gasteiger partial charge is 0.314 e. The highest BCUT2D eigenvalue weighted by atomic mass is 16.2. The predicted octanol–water partition coefficient (Wildman–Crippen LogP) is 0.855. The second-order valence-electron chi connectivity index (χ2n) is 2.94. The number of nitrogens with one attached hydrogen (secondary N) is 2. The first-order valence-corrected chi connectivity index (χ1v) is 4.05. The largest absolute Gasteiger partial charge is 0.338 e. The summed E-state index contributed by atoms with van der Waals surface area (Å²) in [4.78, 5) is 10.9. The van der Waals surface area contributed by atoms with Gasteiger partial charge in [0, 0.05) is 13.1 Å². The fourth-order valence-corrected chi connectivity index (χ4v) is 0.591. The van der Waals surface area contributed by atoms with Gasteiger partial charge in [0.15, 0.2) is 0 Å². The van der Waals surface area contributed by atoms with E-state index in [1.165, 1.54) is 0 Å². The molecule has 0 spiro atoms. The summed E-state index contributed by atoms with van der Waals surface area (Å²) >= 11 is 0. The SMILES string of the molecule is CC(C)CNC(=O)NCCC#N. The Balaban J connectivity index is 3.29. The minimum absolute atomic E-state index is 0.195. The number of carbonyl (C=O) groups is 1. The normalized spacial score (nSPS) is 9.17. The summed E-state index contributed by atoms with van der Waals surface area (Å²) in [5.74, 6) is 0.451. The van der Waals surface area contributed by atoms with E-state index in [9.17, 15) is 4.79 Å². The first-order valence-electron chi connectivity index (χ1n) is 4.05. The van der Waals surface area contributed by atoms with Gasteiger partial charge in [-0.05, 0) is 5.92 Å². The zero-order valence-corrected chi connectivity index (χ0v) is 7.55. The van der Waals surface area contributed by atoms with Crippen LogP contribution < -0.4 is 10.6 Å². The second kappa shape index (κ2) is 6.47. The maximum absolute atomic E-state index is 10.9. The van der Waals surface area contributed by atoms with Crippen molar-refractivity contribution in [2.75, 3.05) is 13.1 Å². The zero-order valence-electron chi connectivity index (χ0n) is 7.55. The summed E-state index contributed by atoms with van der Waals surface area (Å²) in [7, 11) is 0. The van der Waals surface area contributed by atoms with Crippen molar-refractivity contribution in [3.63, 3.8) is 0 Å². The van der Waals surface area contributed by atoms with Gasteiger partial charge in [-0.3, -0.25) is 0 Å². The average Bonchev–Trinajstić information content (AvgIpc) is 2.01. The first-order chi connectivity index (χ1) is 5.66. The molecule has 0 bridgehead atoms. The van der Waals surface area contributed by atoms with E-state index in [-0.39, 0.29) is 6.03 Å². The third kappa shape index (κ3) is 6.87. The minimum Gasteiger partial charge on any atom is -0.338 e. The van der Waals surface area contributed by atoms with Crippen molar-refractivity contribution in [2.24, 2.45) is 5.92 Å². The lowest BCUT2D eigenvalue weighted by atomic mass is 10.2. The fraction of sp³-hybridized carbons (Fsp3) is 0.750. The van der Waals surface area contributed by atoms with E-state index in [1.807, 2.05) is 19.9 Å². The van der Waals surface area contributed by atoms with Crippen molar-refractivity contribution in [1.82, 2.24) is 10.6 Å². The van der Waals surface area contributed by atoms with E-state index in [4.69, 9.17) is 5.26 Å². The molecule has 2 amide bonds. The third-order valence-electron chi connectivity index (χ3n) is 1.19. The van der Waals surface area contributed by atoms with E-state index in [0.717, 1.165) is 0 Å². The number of hydrogen-bond donors (Lipinski definition) is 2. The van der Waals surface area contributed by atoms with E-state index >= 15 is 0 Å². The maximum Gasteiger partial charge on any atom is 0.314 e. The van der Waals surface area contributed by atoms with Crippen LogP contribution in [-0.2, 0) is 0 Å². The third-order valence-corrected chi connectivity index (χ3v) is 1.19. The van der Waals surface area contributed by atoms with Crippen molar-refractivity contribution in [2.45, 2.75) is 20.3 Å². The fourth-order valence-electron chi connectivity index (χ4n) is 0.591. The summed E-state index contributed by atoms with van der Waals surface area (Å²) in [5, 5.41) is 13.4. The quantitative estimate of drug-likeness (QED) is 0.613. The lowest BCUT2D eigenvalue weighted by Gasteiger charge is -2.07. The Labute approximate surface area is 72.9 Å². The molecule has 0 aliphatic heterocycles. The number of carbonyl (C=O) groups excluding carboxylic acids is 1. The molecular formula is C8H15N3O. The van der Waals surface area contributed by atoms with Crippen LogP contribution in [0.3, 0.4) is 0 Å². The number of hydrogen-bond acceptors (Lipinski definition) is 2. The number of nitrogens with zero attached hydrogens (tertiary/aromatic N) is 1. The van der Waals surface area contributed by atoms with Crippen LogP contribution in [0.4, 0.5) is 4.79 Å². The Morgan fingerprint density at radius 1 is 1.50 bits per heavy atom. The molecule has 0 unspecified atom stereocenters. The van der Waals surface area contributed by atoms with Crippen LogP contribution in [0, 0.1) is 17.2 Å². The molecule has 68 valence electrons. The molecule has 0 atom stereocenters. The number of urea groups is 1. The molecule has 0 aromatic carbocycles. The summed E-state index contributed by atoms with van der Waals surface area (Å²) in [6, 6.07) is 1.75. The van der Waals surface area contributed by atoms with Crippen molar-refractivity contribution in [1.29, 1.82) is 5.26 Å². The Morgan fingerprint density at radius 2 is 2.17 bits per heavy atom. The van der Waals surface area contributed by atoms with Crippen molar-refractivity contribution >= 4 is 6.03 Å². The minimum atomic E-state index is -0.195. The molecule has 2 N–H and O–H groups in total. The van der Waals surface area contributed by atoms with Crippen LogP contribution in [-0.4, -0.2) is 19.1 Å². The van der Waals surface area contributed by atoms with Gasteiger partial charge in [-0.15, -0.1) is 0 Å². The lowest BCUT2D eigenvalue weighted by molar-refractivity contribution is 0.240. The molecule has 0 aliphatic carbocycles. The summed E-state index contributed by atoms with van der Waals surface area (Å²) in [6.45, 7) is 5.13. The van der Waals surface area contributed by atoms with Crippen LogP contribution in [0.5, 0.6) is 0 Å². The molecule has 0 aliphatic rings. The molecule has 0 aromatic rings. The van der Waals surface area contributed by atoms with Gasteiger partial charge in [0.25, 0.3) is 0 Å². The summed E-state index contributed by atoms with van der Waals surface area (Å²) < 4.78 is 0. The molecule has 4 nitrogen and oxygen atoms in total. The number of rotatable bonds is 4. The van der Waals surface area contributed by atoms with Gasteiger partial charge in [-0.25, -0.2) is 4.79 Å². The Kier molecular flexibility index (Phi) is 5.80. The van der Waals surface area contributed by atoms with Crippen molar-refractivity contribution < 1.29 is 4.79 Å². The van der Waals surface area contributed by atoms with Crippen LogP contribution in [0.2, 0.25) is 0 Å². The van der Waals surface area contributed by atoms with Gasteiger partial charge in [0.05, 0.1) is 12.5 Å². The molecule has 0 heterocycles. The van der Waals surface area contributed by atoms with Crippen LogP contribution >= 0.6 is 0 Å². The lowest BCUT2D eigenvalue weighted by Crippen LogP contribution is -2.37. The van der Waals surface area contributed by atoms with E-state index in [0.29, 0.717) is 25.4 Å². The predicted molar refractivity (Wildman–Crippen MR) is 46.5 cm³/mol. The van der Waals surface area contributed by atoms with Gasteiger partial charge in [-0.2, -0.15) is 5.26 Å². The summed E-state index contributed by atoms with van der Waals surface area (Å²) in [6.07, 6.45) is 0.356. The molecule has 0 aromatic heterocycles. The van der Waals surface area contributed by atoms with Crippen molar-refractivity contribution in [3.05, 3.63) is 0 Å². The molecule has 0 rings (SSSR count). The van der Waals surface area contributed by atoms with Gasteiger partial charge >= 0.3 is 6.03 Å².